The van der Waals surface area contributed by atoms with Crippen LogP contribution in [0.3, 0.4) is 0 Å². The minimum atomic E-state index is -0.439. The molecule has 0 spiro atoms. The van der Waals surface area contributed by atoms with Crippen LogP contribution in [0, 0.1) is 11.6 Å². The highest BCUT2D eigenvalue weighted by atomic mass is 35.5. The number of hydrogen-bond donors (Lipinski definition) is 1. The Hall–Kier alpha value is -2.77. The van der Waals surface area contributed by atoms with Crippen LogP contribution in [-0.4, -0.2) is 33.5 Å². The highest BCUT2D eigenvalue weighted by Crippen LogP contribution is 2.36. The molecule has 2 aromatic carbocycles. The first-order valence-electron chi connectivity index (χ1n) is 11.7. The number of nitrogens with zero attached hydrogens (tertiary/aromatic N) is 3. The normalized spacial score (nSPS) is 19.5. The van der Waals surface area contributed by atoms with Crippen LogP contribution in [0.4, 0.5) is 13.6 Å². The fraction of sp³-hybridized carbons (Fsp3) is 0.346. The number of urea groups is 1. The van der Waals surface area contributed by atoms with Crippen molar-refractivity contribution in [3.05, 3.63) is 92.5 Å². The van der Waals surface area contributed by atoms with Crippen molar-refractivity contribution in [2.45, 2.75) is 50.6 Å². The molecule has 2 atom stereocenters. The van der Waals surface area contributed by atoms with Crippen molar-refractivity contribution in [1.29, 1.82) is 0 Å². The van der Waals surface area contributed by atoms with Gasteiger partial charge in [-0.15, -0.1) is 0 Å². The fourth-order valence-corrected chi connectivity index (χ4v) is 5.31. The van der Waals surface area contributed by atoms with E-state index in [0.29, 0.717) is 36.8 Å². The van der Waals surface area contributed by atoms with E-state index in [1.54, 1.807) is 23.2 Å². The summed E-state index contributed by atoms with van der Waals surface area (Å²) in [5.74, 6) is -0.207. The van der Waals surface area contributed by atoms with Gasteiger partial charge in [-0.2, -0.15) is 0 Å². The maximum Gasteiger partial charge on any atom is 0.317 e. The third kappa shape index (κ3) is 5.26. The van der Waals surface area contributed by atoms with Crippen LogP contribution >= 0.6 is 23.2 Å². The summed E-state index contributed by atoms with van der Waals surface area (Å²) >= 11 is 12.0. The predicted molar refractivity (Wildman–Crippen MR) is 131 cm³/mol. The van der Waals surface area contributed by atoms with Crippen molar-refractivity contribution in [2.75, 3.05) is 6.54 Å². The van der Waals surface area contributed by atoms with Crippen LogP contribution in [0.5, 0.6) is 0 Å². The molecule has 9 heteroatoms. The van der Waals surface area contributed by atoms with Crippen LogP contribution in [0.25, 0.3) is 0 Å². The molecule has 0 bridgehead atoms. The van der Waals surface area contributed by atoms with Crippen molar-refractivity contribution < 1.29 is 13.6 Å². The number of halogens is 4. The summed E-state index contributed by atoms with van der Waals surface area (Å²) < 4.78 is 27.3. The summed E-state index contributed by atoms with van der Waals surface area (Å²) in [6.07, 6.45) is 5.53. The number of fused-ring (bicyclic) bond motifs is 1. The lowest BCUT2D eigenvalue weighted by atomic mass is 9.94. The molecule has 0 saturated heterocycles. The number of nitrogens with one attached hydrogen (secondary N) is 1. The maximum absolute atomic E-state index is 14.0. The Morgan fingerprint density at radius 2 is 1.97 bits per heavy atom. The Morgan fingerprint density at radius 3 is 2.77 bits per heavy atom. The lowest BCUT2D eigenvalue weighted by Crippen LogP contribution is -2.47. The number of carbonyl (C=O) groups is 1. The highest BCUT2D eigenvalue weighted by molar-refractivity contribution is 6.31. The molecule has 1 aliphatic carbocycles. The zero-order valence-corrected chi connectivity index (χ0v) is 20.4. The number of aromatic nitrogens is 2. The molecule has 35 heavy (non-hydrogen) atoms. The van der Waals surface area contributed by atoms with E-state index in [9.17, 15) is 13.6 Å². The molecule has 182 valence electrons. The first kappa shape index (κ1) is 23.9. The SMILES string of the molecule is O=C(N[C@@H]1CCC[C@H]1c1ccc(Cl)c(F)c1)N1CCc2cnc(Cc3ccc(F)cc3Cl)nc2C1. The van der Waals surface area contributed by atoms with E-state index in [2.05, 4.69) is 15.3 Å². The van der Waals surface area contributed by atoms with Crippen molar-refractivity contribution >= 4 is 29.2 Å². The Balaban J connectivity index is 1.26. The lowest BCUT2D eigenvalue weighted by Gasteiger charge is -2.31. The van der Waals surface area contributed by atoms with Gasteiger partial charge in [0.05, 0.1) is 17.3 Å². The quantitative estimate of drug-likeness (QED) is 0.458. The van der Waals surface area contributed by atoms with Gasteiger partial charge in [0, 0.05) is 36.1 Å². The number of amides is 2. The molecule has 2 heterocycles. The largest absolute Gasteiger partial charge is 0.335 e. The van der Waals surface area contributed by atoms with Gasteiger partial charge < -0.3 is 10.2 Å². The van der Waals surface area contributed by atoms with Crippen molar-refractivity contribution in [3.63, 3.8) is 0 Å². The molecule has 1 fully saturated rings. The molecule has 1 aliphatic heterocycles. The number of rotatable bonds is 4. The average molecular weight is 517 g/mol. The van der Waals surface area contributed by atoms with Gasteiger partial charge in [0.1, 0.15) is 17.5 Å². The molecule has 0 unspecified atom stereocenters. The summed E-state index contributed by atoms with van der Waals surface area (Å²) in [4.78, 5) is 24.0. The molecule has 5 nitrogen and oxygen atoms in total. The van der Waals surface area contributed by atoms with Gasteiger partial charge in [-0.3, -0.25) is 0 Å². The molecular weight excluding hydrogens is 493 g/mol. The Morgan fingerprint density at radius 1 is 1.11 bits per heavy atom. The number of hydrogen-bond acceptors (Lipinski definition) is 3. The van der Waals surface area contributed by atoms with Crippen LogP contribution in [0.15, 0.2) is 42.6 Å². The molecule has 0 radical (unpaired) electrons. The van der Waals surface area contributed by atoms with Gasteiger partial charge in [0.2, 0.25) is 0 Å². The van der Waals surface area contributed by atoms with Gasteiger partial charge >= 0.3 is 6.03 Å². The zero-order chi connectivity index (χ0) is 24.5. The first-order valence-corrected chi connectivity index (χ1v) is 12.4. The van der Waals surface area contributed by atoms with Crippen LogP contribution < -0.4 is 5.32 Å². The van der Waals surface area contributed by atoms with Gasteiger partial charge in [0.25, 0.3) is 0 Å². The van der Waals surface area contributed by atoms with E-state index in [4.69, 9.17) is 23.2 Å². The lowest BCUT2D eigenvalue weighted by molar-refractivity contribution is 0.186. The summed E-state index contributed by atoms with van der Waals surface area (Å²) in [5.41, 5.74) is 3.41. The molecule has 5 rings (SSSR count). The molecule has 1 saturated carbocycles. The third-order valence-corrected chi connectivity index (χ3v) is 7.50. The predicted octanol–water partition coefficient (Wildman–Crippen LogP) is 6.06. The maximum atomic E-state index is 14.0. The van der Waals surface area contributed by atoms with E-state index < -0.39 is 11.6 Å². The van der Waals surface area contributed by atoms with E-state index in [0.717, 1.165) is 41.6 Å². The summed E-state index contributed by atoms with van der Waals surface area (Å²) in [5, 5.41) is 3.60. The average Bonchev–Trinajstić information content (AvgIpc) is 3.30. The molecule has 1 aromatic heterocycles. The summed E-state index contributed by atoms with van der Waals surface area (Å²) in [6, 6.07) is 8.93. The Labute approximate surface area is 212 Å². The van der Waals surface area contributed by atoms with Gasteiger partial charge in [-0.05, 0) is 60.2 Å². The minimum Gasteiger partial charge on any atom is -0.335 e. The second-order valence-electron chi connectivity index (χ2n) is 9.11. The Kier molecular flexibility index (Phi) is 6.89. The van der Waals surface area contributed by atoms with Crippen LogP contribution in [0.1, 0.15) is 53.4 Å². The second kappa shape index (κ2) is 10.1. The van der Waals surface area contributed by atoms with Crippen molar-refractivity contribution in [2.24, 2.45) is 0 Å². The smallest absolute Gasteiger partial charge is 0.317 e. The topological polar surface area (TPSA) is 58.1 Å². The van der Waals surface area contributed by atoms with Crippen molar-refractivity contribution in [3.8, 4) is 0 Å². The van der Waals surface area contributed by atoms with Gasteiger partial charge in [-0.1, -0.05) is 41.8 Å². The monoisotopic (exact) mass is 516 g/mol. The minimum absolute atomic E-state index is 0.0529. The standard InChI is InChI=1S/C26H24Cl2F2N4O/c27-20-7-5-15(10-22(20)30)19-2-1-3-23(19)33-26(35)34-9-8-17-13-31-25(32-24(17)14-34)11-16-4-6-18(29)12-21(16)28/h4-7,10,12-13,19,23H,1-3,8-9,11,14H2,(H,33,35)/t19-,23+/m0/s1. The third-order valence-electron chi connectivity index (χ3n) is 6.84. The molecule has 3 aromatic rings. The first-order chi connectivity index (χ1) is 16.9. The van der Waals surface area contributed by atoms with Crippen LogP contribution in [0.2, 0.25) is 10.0 Å². The summed E-state index contributed by atoms with van der Waals surface area (Å²) in [6.45, 7) is 0.944. The number of carbonyl (C=O) groups excluding carboxylic acids is 1. The fourth-order valence-electron chi connectivity index (χ4n) is 4.96. The van der Waals surface area contributed by atoms with E-state index >= 15 is 0 Å². The van der Waals surface area contributed by atoms with Crippen molar-refractivity contribution in [1.82, 2.24) is 20.2 Å². The van der Waals surface area contributed by atoms with Gasteiger partial charge in [0.15, 0.2) is 0 Å². The summed E-state index contributed by atoms with van der Waals surface area (Å²) in [7, 11) is 0. The van der Waals surface area contributed by atoms with E-state index in [-0.39, 0.29) is 23.0 Å². The van der Waals surface area contributed by atoms with E-state index in [1.807, 2.05) is 6.07 Å². The molecule has 2 amide bonds. The van der Waals surface area contributed by atoms with E-state index in [1.165, 1.54) is 18.2 Å². The molecule has 2 aliphatic rings. The van der Waals surface area contributed by atoms with Crippen LogP contribution in [-0.2, 0) is 19.4 Å². The number of benzene rings is 2. The zero-order valence-electron chi connectivity index (χ0n) is 18.9. The Bertz CT molecular complexity index is 1270. The molecular formula is C26H24Cl2F2N4O. The molecule has 1 N–H and O–H groups in total. The second-order valence-corrected chi connectivity index (χ2v) is 9.92. The highest BCUT2D eigenvalue weighted by Gasteiger charge is 2.32. The van der Waals surface area contributed by atoms with Gasteiger partial charge in [-0.25, -0.2) is 23.5 Å².